The van der Waals surface area contributed by atoms with Gasteiger partial charge < -0.3 is 14.6 Å². The molecule has 0 heterocycles. The first-order valence-electron chi connectivity index (χ1n) is 28.1. The molecular weight excluding hydrogens is 813 g/mol. The molecule has 0 aromatic heterocycles. The second kappa shape index (κ2) is 56.4. The molecule has 0 spiro atoms. The summed E-state index contributed by atoms with van der Waals surface area (Å²) in [6, 6.07) is 0. The van der Waals surface area contributed by atoms with Crippen molar-refractivity contribution in [2.45, 2.75) is 277 Å². The van der Waals surface area contributed by atoms with Crippen LogP contribution in [0.15, 0.2) is 85.1 Å². The van der Waals surface area contributed by atoms with Gasteiger partial charge in [0.05, 0.1) is 6.61 Å². The molecule has 0 saturated carbocycles. The van der Waals surface area contributed by atoms with Gasteiger partial charge in [-0.2, -0.15) is 0 Å². The fraction of sp³-hybridized carbons (Fsp3) is 0.738. The standard InChI is InChI=1S/C61H106O5/c1-3-5-7-9-11-13-15-17-19-21-23-24-25-26-27-28-29-30-31-32-33-34-35-36-38-40-42-44-46-48-50-52-54-56-61(64)66-59(57-62)58-65-60(63)55-53-51-49-47-45-43-41-39-37-22-20-18-16-14-12-10-8-6-4-2/h5,7,11,13,17-20,23-24,26-27,29-30,59,62H,3-4,6,8-10,12,14-16,21-22,25,28,31-58H2,1-2H3/b7-5-,13-11-,19-17-,20-18-,24-23-,27-26-,30-29-. The van der Waals surface area contributed by atoms with Crippen LogP contribution in [0.3, 0.4) is 0 Å². The number of allylic oxidation sites excluding steroid dienone is 14. The van der Waals surface area contributed by atoms with Gasteiger partial charge in [0.25, 0.3) is 0 Å². The second-order valence-electron chi connectivity index (χ2n) is 18.6. The van der Waals surface area contributed by atoms with Crippen molar-refractivity contribution < 1.29 is 24.2 Å². The fourth-order valence-corrected chi connectivity index (χ4v) is 7.97. The zero-order valence-corrected chi connectivity index (χ0v) is 43.4. The van der Waals surface area contributed by atoms with E-state index in [0.29, 0.717) is 12.8 Å². The lowest BCUT2D eigenvalue weighted by molar-refractivity contribution is -0.161. The number of esters is 2. The van der Waals surface area contributed by atoms with Gasteiger partial charge in [-0.25, -0.2) is 0 Å². The Morgan fingerprint density at radius 3 is 1.00 bits per heavy atom. The molecular formula is C61H106O5. The van der Waals surface area contributed by atoms with E-state index in [9.17, 15) is 14.7 Å². The van der Waals surface area contributed by atoms with Crippen LogP contribution < -0.4 is 0 Å². The normalized spacial score (nSPS) is 12.8. The summed E-state index contributed by atoms with van der Waals surface area (Å²) in [7, 11) is 0. The third kappa shape index (κ3) is 53.7. The second-order valence-corrected chi connectivity index (χ2v) is 18.6. The van der Waals surface area contributed by atoms with Crippen LogP contribution in [0.4, 0.5) is 0 Å². The molecule has 1 atom stereocenters. The predicted octanol–water partition coefficient (Wildman–Crippen LogP) is 19.0. The van der Waals surface area contributed by atoms with Crippen LogP contribution in [-0.4, -0.2) is 36.4 Å². The van der Waals surface area contributed by atoms with E-state index >= 15 is 0 Å². The molecule has 5 heteroatoms. The van der Waals surface area contributed by atoms with Gasteiger partial charge in [-0.05, 0) is 89.9 Å². The van der Waals surface area contributed by atoms with Crippen LogP contribution >= 0.6 is 0 Å². The summed E-state index contributed by atoms with van der Waals surface area (Å²) in [5, 5.41) is 9.65. The van der Waals surface area contributed by atoms with E-state index in [1.165, 1.54) is 167 Å². The van der Waals surface area contributed by atoms with Gasteiger partial charge in [-0.1, -0.05) is 253 Å². The van der Waals surface area contributed by atoms with E-state index in [0.717, 1.165) is 77.0 Å². The molecule has 66 heavy (non-hydrogen) atoms. The van der Waals surface area contributed by atoms with Crippen LogP contribution in [0.1, 0.15) is 271 Å². The lowest BCUT2D eigenvalue weighted by Gasteiger charge is -2.15. The Labute approximate surface area is 409 Å². The molecule has 0 aliphatic carbocycles. The van der Waals surface area contributed by atoms with Crippen molar-refractivity contribution in [2.75, 3.05) is 13.2 Å². The van der Waals surface area contributed by atoms with Crippen LogP contribution in [0, 0.1) is 0 Å². The molecule has 1 unspecified atom stereocenters. The van der Waals surface area contributed by atoms with Crippen LogP contribution in [0.5, 0.6) is 0 Å². The number of carbonyl (C=O) groups is 2. The number of hydrogen-bond donors (Lipinski definition) is 1. The van der Waals surface area contributed by atoms with Crippen molar-refractivity contribution in [3.8, 4) is 0 Å². The SMILES string of the molecule is CC/C=C\C/C=C\C/C=C\C/C=C\C/C=C\C/C=C\CCCCCCCCCCCCCCCCC(=O)OC(CO)COC(=O)CCCCCCCCCCC/C=C\CCCCCCCC. The van der Waals surface area contributed by atoms with E-state index in [1.54, 1.807) is 0 Å². The molecule has 0 aromatic carbocycles. The van der Waals surface area contributed by atoms with Gasteiger partial charge in [0.15, 0.2) is 6.10 Å². The number of aliphatic hydroxyl groups is 1. The molecule has 0 aromatic rings. The summed E-state index contributed by atoms with van der Waals surface area (Å²) < 4.78 is 10.7. The van der Waals surface area contributed by atoms with Gasteiger partial charge in [0, 0.05) is 12.8 Å². The van der Waals surface area contributed by atoms with Crippen molar-refractivity contribution in [2.24, 2.45) is 0 Å². The summed E-state index contributed by atoms with van der Waals surface area (Å²) in [6.45, 7) is 4.04. The highest BCUT2D eigenvalue weighted by Gasteiger charge is 2.16. The zero-order chi connectivity index (χ0) is 47.7. The minimum absolute atomic E-state index is 0.0677. The molecule has 0 rings (SSSR count). The van der Waals surface area contributed by atoms with Crippen molar-refractivity contribution in [3.63, 3.8) is 0 Å². The Morgan fingerprint density at radius 1 is 0.364 bits per heavy atom. The van der Waals surface area contributed by atoms with E-state index in [-0.39, 0.29) is 25.2 Å². The fourth-order valence-electron chi connectivity index (χ4n) is 7.97. The maximum Gasteiger partial charge on any atom is 0.306 e. The third-order valence-electron chi connectivity index (χ3n) is 12.2. The summed E-state index contributed by atoms with van der Waals surface area (Å²) in [5.41, 5.74) is 0. The summed E-state index contributed by atoms with van der Waals surface area (Å²) >= 11 is 0. The van der Waals surface area contributed by atoms with Gasteiger partial charge >= 0.3 is 11.9 Å². The Hall–Kier alpha value is -2.92. The topological polar surface area (TPSA) is 72.8 Å². The highest BCUT2D eigenvalue weighted by Crippen LogP contribution is 2.16. The monoisotopic (exact) mass is 919 g/mol. The van der Waals surface area contributed by atoms with Gasteiger partial charge in [-0.15, -0.1) is 0 Å². The van der Waals surface area contributed by atoms with E-state index < -0.39 is 6.10 Å². The first-order valence-corrected chi connectivity index (χ1v) is 28.1. The molecule has 0 fully saturated rings. The lowest BCUT2D eigenvalue weighted by atomic mass is 10.0. The number of unbranched alkanes of at least 4 members (excludes halogenated alkanes) is 29. The molecule has 0 aliphatic heterocycles. The first kappa shape index (κ1) is 63.1. The average Bonchev–Trinajstić information content (AvgIpc) is 3.32. The number of hydrogen-bond acceptors (Lipinski definition) is 5. The molecule has 0 aliphatic rings. The largest absolute Gasteiger partial charge is 0.462 e. The Morgan fingerprint density at radius 2 is 0.652 bits per heavy atom. The molecule has 0 saturated heterocycles. The van der Waals surface area contributed by atoms with Crippen molar-refractivity contribution in [3.05, 3.63) is 85.1 Å². The Bertz CT molecular complexity index is 1220. The van der Waals surface area contributed by atoms with Gasteiger partial charge in [0.2, 0.25) is 0 Å². The van der Waals surface area contributed by atoms with E-state index in [1.807, 2.05) is 0 Å². The number of rotatable bonds is 51. The van der Waals surface area contributed by atoms with Gasteiger partial charge in [-0.3, -0.25) is 9.59 Å². The summed E-state index contributed by atoms with van der Waals surface area (Å²) in [5.74, 6) is -0.588. The van der Waals surface area contributed by atoms with Crippen LogP contribution in [-0.2, 0) is 19.1 Å². The Balaban J connectivity index is 3.50. The average molecular weight is 920 g/mol. The minimum atomic E-state index is -0.776. The highest BCUT2D eigenvalue weighted by atomic mass is 16.6. The smallest absolute Gasteiger partial charge is 0.306 e. The molecule has 0 amide bonds. The molecule has 1 N–H and O–H groups in total. The quantitative estimate of drug-likeness (QED) is 0.0374. The van der Waals surface area contributed by atoms with E-state index in [2.05, 4.69) is 98.9 Å². The molecule has 0 radical (unpaired) electrons. The van der Waals surface area contributed by atoms with Crippen LogP contribution in [0.2, 0.25) is 0 Å². The molecule has 5 nitrogen and oxygen atoms in total. The number of aliphatic hydroxyl groups excluding tert-OH is 1. The lowest BCUT2D eigenvalue weighted by Crippen LogP contribution is -2.28. The van der Waals surface area contributed by atoms with Crippen LogP contribution in [0.25, 0.3) is 0 Å². The first-order chi connectivity index (χ1) is 32.6. The molecule has 0 bridgehead atoms. The summed E-state index contributed by atoms with van der Waals surface area (Å²) in [4.78, 5) is 24.5. The van der Waals surface area contributed by atoms with Crippen molar-refractivity contribution in [1.82, 2.24) is 0 Å². The highest BCUT2D eigenvalue weighted by molar-refractivity contribution is 5.70. The minimum Gasteiger partial charge on any atom is -0.462 e. The van der Waals surface area contributed by atoms with Crippen molar-refractivity contribution >= 4 is 11.9 Å². The van der Waals surface area contributed by atoms with E-state index in [4.69, 9.17) is 9.47 Å². The number of ether oxygens (including phenoxy) is 2. The molecule has 380 valence electrons. The predicted molar refractivity (Wildman–Crippen MR) is 288 cm³/mol. The third-order valence-corrected chi connectivity index (χ3v) is 12.2. The number of carbonyl (C=O) groups excluding carboxylic acids is 2. The maximum atomic E-state index is 12.3. The Kier molecular flexibility index (Phi) is 53.9. The zero-order valence-electron chi connectivity index (χ0n) is 43.4. The maximum absolute atomic E-state index is 12.3. The summed E-state index contributed by atoms with van der Waals surface area (Å²) in [6.07, 6.45) is 78.4. The van der Waals surface area contributed by atoms with Gasteiger partial charge in [0.1, 0.15) is 6.61 Å². The van der Waals surface area contributed by atoms with Crippen molar-refractivity contribution in [1.29, 1.82) is 0 Å².